The van der Waals surface area contributed by atoms with Crippen LogP contribution in [-0.2, 0) is 19.5 Å². The highest BCUT2D eigenvalue weighted by Crippen LogP contribution is 2.34. The molecule has 1 aromatic carbocycles. The van der Waals surface area contributed by atoms with Gasteiger partial charge >= 0.3 is 0 Å². The van der Waals surface area contributed by atoms with Gasteiger partial charge in [-0.05, 0) is 42.3 Å². The third-order valence-electron chi connectivity index (χ3n) is 4.60. The lowest BCUT2D eigenvalue weighted by molar-refractivity contribution is 0.0964. The number of carbonyl (C=O) groups excluding carboxylic acids is 1. The Hall–Kier alpha value is -1.52. The first-order chi connectivity index (χ1) is 10.7. The average molecular weight is 315 g/mol. The Morgan fingerprint density at radius 3 is 3.00 bits per heavy atom. The molecular weight excluding hydrogens is 297 g/mol. The number of hydrogen-bond acceptors (Lipinski definition) is 3. The van der Waals surface area contributed by atoms with Gasteiger partial charge < -0.3 is 0 Å². The maximum absolute atomic E-state index is 14.3. The lowest BCUT2D eigenvalue weighted by Gasteiger charge is -2.27. The van der Waals surface area contributed by atoms with E-state index in [1.165, 1.54) is 16.5 Å². The van der Waals surface area contributed by atoms with Crippen LogP contribution >= 0.6 is 11.3 Å². The molecule has 22 heavy (non-hydrogen) atoms. The molecule has 2 nitrogen and oxygen atoms in total. The molecule has 2 aromatic rings. The fourth-order valence-electron chi connectivity index (χ4n) is 3.18. The van der Waals surface area contributed by atoms with Gasteiger partial charge in [0.2, 0.25) is 0 Å². The van der Waals surface area contributed by atoms with Gasteiger partial charge in [-0.3, -0.25) is 9.69 Å². The maximum atomic E-state index is 14.3. The molecule has 0 saturated heterocycles. The van der Waals surface area contributed by atoms with Crippen molar-refractivity contribution in [1.82, 2.24) is 4.90 Å². The van der Waals surface area contributed by atoms with Gasteiger partial charge in [0.1, 0.15) is 5.82 Å². The van der Waals surface area contributed by atoms with E-state index < -0.39 is 0 Å². The molecule has 0 radical (unpaired) electrons. The van der Waals surface area contributed by atoms with Crippen molar-refractivity contribution in [3.63, 3.8) is 0 Å². The second kappa shape index (κ2) is 5.60. The smallest absolute Gasteiger partial charge is 0.166 e. The predicted octanol–water partition coefficient (Wildman–Crippen LogP) is 4.04. The summed E-state index contributed by atoms with van der Waals surface area (Å²) >= 11 is 1.80. The average Bonchev–Trinajstić information content (AvgIpc) is 3.27. The summed E-state index contributed by atoms with van der Waals surface area (Å²) in [6.07, 6.45) is 2.93. The van der Waals surface area contributed by atoms with Gasteiger partial charge in [0, 0.05) is 41.6 Å². The number of rotatable bonds is 4. The predicted molar refractivity (Wildman–Crippen MR) is 85.6 cm³/mol. The molecule has 0 bridgehead atoms. The lowest BCUT2D eigenvalue weighted by atomic mass is 9.99. The quantitative estimate of drug-likeness (QED) is 0.794. The molecule has 4 heteroatoms. The number of carbonyl (C=O) groups is 1. The van der Waals surface area contributed by atoms with Crippen LogP contribution in [0.3, 0.4) is 0 Å². The highest BCUT2D eigenvalue weighted by molar-refractivity contribution is 7.10. The summed E-state index contributed by atoms with van der Waals surface area (Å²) < 4.78 is 14.3. The summed E-state index contributed by atoms with van der Waals surface area (Å²) in [4.78, 5) is 16.1. The first kappa shape index (κ1) is 14.1. The Morgan fingerprint density at radius 1 is 1.32 bits per heavy atom. The van der Waals surface area contributed by atoms with E-state index in [1.807, 2.05) is 0 Å². The van der Waals surface area contributed by atoms with Gasteiger partial charge in [0.05, 0.1) is 0 Å². The minimum absolute atomic E-state index is 0.128. The van der Waals surface area contributed by atoms with Crippen LogP contribution in [0.15, 0.2) is 29.6 Å². The van der Waals surface area contributed by atoms with E-state index >= 15 is 0 Å². The molecule has 1 aliphatic carbocycles. The zero-order valence-electron chi connectivity index (χ0n) is 12.3. The molecule has 114 valence electrons. The highest BCUT2D eigenvalue weighted by Gasteiger charge is 2.32. The zero-order chi connectivity index (χ0) is 15.1. The number of Topliss-reactive ketones (excluding diaryl/α,β-unsaturated/α-hetero) is 1. The Kier molecular flexibility index (Phi) is 3.59. The molecule has 0 atom stereocenters. The van der Waals surface area contributed by atoms with Crippen LogP contribution in [0.1, 0.15) is 39.2 Å². The number of benzene rings is 1. The van der Waals surface area contributed by atoms with Gasteiger partial charge in [-0.25, -0.2) is 4.39 Å². The van der Waals surface area contributed by atoms with E-state index in [1.54, 1.807) is 23.5 Å². The summed E-state index contributed by atoms with van der Waals surface area (Å²) in [5, 5.41) is 2.12. The minimum atomic E-state index is -0.248. The largest absolute Gasteiger partial charge is 0.294 e. The fraction of sp³-hybridized carbons (Fsp3) is 0.389. The molecule has 0 amide bonds. The van der Waals surface area contributed by atoms with E-state index in [0.29, 0.717) is 17.7 Å². The first-order valence-corrected chi connectivity index (χ1v) is 8.69. The summed E-state index contributed by atoms with van der Waals surface area (Å²) in [7, 11) is 0. The normalized spacial score (nSPS) is 18.2. The Balaban J connectivity index is 1.59. The Labute approximate surface area is 133 Å². The van der Waals surface area contributed by atoms with Gasteiger partial charge in [0.15, 0.2) is 5.78 Å². The van der Waals surface area contributed by atoms with E-state index in [2.05, 4.69) is 16.3 Å². The van der Waals surface area contributed by atoms with Gasteiger partial charge in [-0.1, -0.05) is 12.1 Å². The molecule has 2 aliphatic rings. The van der Waals surface area contributed by atoms with Crippen molar-refractivity contribution >= 4 is 17.1 Å². The Bertz CT molecular complexity index is 720. The van der Waals surface area contributed by atoms with Gasteiger partial charge in [-0.15, -0.1) is 11.3 Å². The van der Waals surface area contributed by atoms with E-state index in [-0.39, 0.29) is 17.5 Å². The Morgan fingerprint density at radius 2 is 2.18 bits per heavy atom. The van der Waals surface area contributed by atoms with Crippen LogP contribution in [0.4, 0.5) is 4.39 Å². The summed E-state index contributed by atoms with van der Waals surface area (Å²) in [5.74, 6) is 0.00993. The topological polar surface area (TPSA) is 20.3 Å². The van der Waals surface area contributed by atoms with E-state index in [0.717, 1.165) is 32.4 Å². The standard InChI is InChI=1S/C18H18FNOS/c19-16-3-1-2-14(18(21)12-4-5-12)15(16)11-20-8-6-17-13(10-20)7-9-22-17/h1-3,7,9,12H,4-6,8,10-11H2. The van der Waals surface area contributed by atoms with E-state index in [9.17, 15) is 9.18 Å². The van der Waals surface area contributed by atoms with Crippen LogP contribution < -0.4 is 0 Å². The van der Waals surface area contributed by atoms with Crippen LogP contribution in [-0.4, -0.2) is 17.2 Å². The van der Waals surface area contributed by atoms with Crippen molar-refractivity contribution in [1.29, 1.82) is 0 Å². The molecule has 4 rings (SSSR count). The monoisotopic (exact) mass is 315 g/mol. The summed E-state index contributed by atoms with van der Waals surface area (Å²) in [5.41, 5.74) is 2.53. The minimum Gasteiger partial charge on any atom is -0.294 e. The summed E-state index contributed by atoms with van der Waals surface area (Å²) in [6, 6.07) is 7.07. The maximum Gasteiger partial charge on any atom is 0.166 e. The second-order valence-corrected chi connectivity index (χ2v) is 7.23. The molecule has 2 heterocycles. The number of thiophene rings is 1. The van der Waals surface area contributed by atoms with Crippen molar-refractivity contribution in [3.05, 3.63) is 57.0 Å². The van der Waals surface area contributed by atoms with Crippen molar-refractivity contribution in [2.24, 2.45) is 5.92 Å². The van der Waals surface area contributed by atoms with Crippen molar-refractivity contribution in [3.8, 4) is 0 Å². The first-order valence-electron chi connectivity index (χ1n) is 7.81. The number of ketones is 1. The third kappa shape index (κ3) is 2.61. The number of halogens is 1. The van der Waals surface area contributed by atoms with Crippen LogP contribution in [0.2, 0.25) is 0 Å². The van der Waals surface area contributed by atoms with Crippen molar-refractivity contribution < 1.29 is 9.18 Å². The van der Waals surface area contributed by atoms with E-state index in [4.69, 9.17) is 0 Å². The number of fused-ring (bicyclic) bond motifs is 1. The van der Waals surface area contributed by atoms with Gasteiger partial charge in [0.25, 0.3) is 0 Å². The zero-order valence-corrected chi connectivity index (χ0v) is 13.2. The third-order valence-corrected chi connectivity index (χ3v) is 5.62. The van der Waals surface area contributed by atoms with Crippen LogP contribution in [0.5, 0.6) is 0 Å². The molecule has 0 N–H and O–H groups in total. The van der Waals surface area contributed by atoms with Crippen molar-refractivity contribution in [2.75, 3.05) is 6.54 Å². The highest BCUT2D eigenvalue weighted by atomic mass is 32.1. The second-order valence-electron chi connectivity index (χ2n) is 6.23. The van der Waals surface area contributed by atoms with Gasteiger partial charge in [-0.2, -0.15) is 0 Å². The molecule has 1 saturated carbocycles. The number of nitrogens with zero attached hydrogens (tertiary/aromatic N) is 1. The SMILES string of the molecule is O=C(c1cccc(F)c1CN1CCc2sccc2C1)C1CC1. The molecule has 1 aromatic heterocycles. The number of hydrogen-bond donors (Lipinski definition) is 0. The van der Waals surface area contributed by atoms with Crippen LogP contribution in [0, 0.1) is 11.7 Å². The van der Waals surface area contributed by atoms with Crippen LogP contribution in [0.25, 0.3) is 0 Å². The lowest BCUT2D eigenvalue weighted by Crippen LogP contribution is -2.30. The van der Waals surface area contributed by atoms with Crippen molar-refractivity contribution in [2.45, 2.75) is 32.4 Å². The molecular formula is C18H18FNOS. The molecule has 0 unspecified atom stereocenters. The molecule has 1 fully saturated rings. The summed E-state index contributed by atoms with van der Waals surface area (Å²) in [6.45, 7) is 2.30. The molecule has 1 aliphatic heterocycles. The molecule has 0 spiro atoms. The fourth-order valence-corrected chi connectivity index (χ4v) is 4.07.